The fourth-order valence-electron chi connectivity index (χ4n) is 2.52. The summed E-state index contributed by atoms with van der Waals surface area (Å²) in [6.45, 7) is 3.60. The third kappa shape index (κ3) is 3.57. The lowest BCUT2D eigenvalue weighted by Crippen LogP contribution is -2.42. The van der Waals surface area contributed by atoms with Crippen LogP contribution in [0, 0.1) is 11.8 Å². The van der Waals surface area contributed by atoms with Crippen LogP contribution < -0.4 is 10.2 Å². The Hall–Kier alpha value is -1.35. The predicted molar refractivity (Wildman–Crippen MR) is 79.2 cm³/mol. The maximum atomic E-state index is 12.6. The van der Waals surface area contributed by atoms with Gasteiger partial charge in [0.2, 0.25) is 5.91 Å². The second-order valence-corrected chi connectivity index (χ2v) is 5.54. The molecular weight excluding hydrogens is 236 g/mol. The van der Waals surface area contributed by atoms with Crippen LogP contribution in [0.1, 0.15) is 26.2 Å². The van der Waals surface area contributed by atoms with Gasteiger partial charge < -0.3 is 10.2 Å². The van der Waals surface area contributed by atoms with Gasteiger partial charge in [-0.05, 0) is 37.9 Å². The normalized spacial score (nSPS) is 16.7. The molecule has 19 heavy (non-hydrogen) atoms. The summed E-state index contributed by atoms with van der Waals surface area (Å²) in [7, 11) is 1.89. The molecule has 0 saturated heterocycles. The fraction of sp³-hybridized carbons (Fsp3) is 0.562. The highest BCUT2D eigenvalue weighted by molar-refractivity contribution is 5.95. The van der Waals surface area contributed by atoms with E-state index in [2.05, 4.69) is 5.32 Å². The molecule has 1 saturated carbocycles. The van der Waals surface area contributed by atoms with Crippen LogP contribution in [0.3, 0.4) is 0 Å². The first kappa shape index (κ1) is 14.1. The molecule has 0 aliphatic heterocycles. The van der Waals surface area contributed by atoms with Crippen LogP contribution in [-0.4, -0.2) is 26.0 Å². The molecule has 1 aromatic carbocycles. The van der Waals surface area contributed by atoms with Crippen molar-refractivity contribution in [2.45, 2.75) is 26.2 Å². The van der Waals surface area contributed by atoms with E-state index in [9.17, 15) is 4.79 Å². The van der Waals surface area contributed by atoms with Gasteiger partial charge >= 0.3 is 0 Å². The summed E-state index contributed by atoms with van der Waals surface area (Å²) in [5.41, 5.74) is 1.03. The predicted octanol–water partition coefficient (Wildman–Crippen LogP) is 2.68. The van der Waals surface area contributed by atoms with E-state index in [-0.39, 0.29) is 11.8 Å². The van der Waals surface area contributed by atoms with Crippen molar-refractivity contribution in [3.05, 3.63) is 30.3 Å². The number of anilines is 1. The van der Waals surface area contributed by atoms with Crippen LogP contribution in [0.25, 0.3) is 0 Å². The van der Waals surface area contributed by atoms with Crippen molar-refractivity contribution < 1.29 is 4.79 Å². The van der Waals surface area contributed by atoms with Crippen LogP contribution in [0.15, 0.2) is 30.3 Å². The first-order chi connectivity index (χ1) is 9.22. The van der Waals surface area contributed by atoms with Crippen molar-refractivity contribution in [1.29, 1.82) is 0 Å². The number of hydrogen-bond donors (Lipinski definition) is 1. The van der Waals surface area contributed by atoms with E-state index in [0.717, 1.165) is 18.8 Å². The summed E-state index contributed by atoms with van der Waals surface area (Å²) in [4.78, 5) is 14.6. The molecule has 0 radical (unpaired) electrons. The highest BCUT2D eigenvalue weighted by Crippen LogP contribution is 2.29. The minimum atomic E-state index is 0.0188. The molecule has 104 valence electrons. The molecule has 0 bridgehead atoms. The minimum absolute atomic E-state index is 0.0188. The van der Waals surface area contributed by atoms with Gasteiger partial charge in [-0.25, -0.2) is 0 Å². The largest absolute Gasteiger partial charge is 0.319 e. The molecule has 3 nitrogen and oxygen atoms in total. The summed E-state index contributed by atoms with van der Waals surface area (Å²) < 4.78 is 0. The molecule has 1 amide bonds. The zero-order valence-electron chi connectivity index (χ0n) is 11.9. The number of hydrogen-bond acceptors (Lipinski definition) is 2. The van der Waals surface area contributed by atoms with Crippen molar-refractivity contribution in [1.82, 2.24) is 5.32 Å². The first-order valence-corrected chi connectivity index (χ1v) is 7.23. The highest BCUT2D eigenvalue weighted by atomic mass is 16.2. The number of nitrogens with one attached hydrogen (secondary N) is 1. The van der Waals surface area contributed by atoms with Crippen molar-refractivity contribution in [3.63, 3.8) is 0 Å². The van der Waals surface area contributed by atoms with Gasteiger partial charge in [0.25, 0.3) is 0 Å². The molecule has 1 aromatic rings. The van der Waals surface area contributed by atoms with E-state index in [1.807, 2.05) is 49.2 Å². The monoisotopic (exact) mass is 260 g/mol. The molecular formula is C16H24N2O. The molecule has 0 aromatic heterocycles. The average Bonchev–Trinajstić information content (AvgIpc) is 2.38. The van der Waals surface area contributed by atoms with Gasteiger partial charge in [0.05, 0.1) is 0 Å². The number of para-hydroxylation sites is 1. The van der Waals surface area contributed by atoms with Crippen molar-refractivity contribution in [2.24, 2.45) is 11.8 Å². The Morgan fingerprint density at radius 3 is 2.58 bits per heavy atom. The van der Waals surface area contributed by atoms with E-state index in [1.54, 1.807) is 0 Å². The van der Waals surface area contributed by atoms with Crippen molar-refractivity contribution in [2.75, 3.05) is 25.0 Å². The van der Waals surface area contributed by atoms with Gasteiger partial charge in [0, 0.05) is 24.7 Å². The van der Waals surface area contributed by atoms with Crippen LogP contribution in [0.2, 0.25) is 0 Å². The zero-order chi connectivity index (χ0) is 13.7. The number of carbonyl (C=O) groups excluding carboxylic acids is 1. The SMILES string of the molecule is CNCC(C)C(=O)N(CC1CCC1)c1ccccc1. The maximum Gasteiger partial charge on any atom is 0.231 e. The molecule has 2 rings (SSSR count). The number of nitrogens with zero attached hydrogens (tertiary/aromatic N) is 1. The molecule has 0 spiro atoms. The Bertz CT molecular complexity index is 400. The van der Waals surface area contributed by atoms with Crippen molar-refractivity contribution in [3.8, 4) is 0 Å². The quantitative estimate of drug-likeness (QED) is 0.853. The Labute approximate surface area is 116 Å². The molecule has 1 unspecified atom stereocenters. The van der Waals surface area contributed by atoms with E-state index in [1.165, 1.54) is 19.3 Å². The Morgan fingerprint density at radius 2 is 2.05 bits per heavy atom. The second-order valence-electron chi connectivity index (χ2n) is 5.54. The number of rotatable bonds is 6. The van der Waals surface area contributed by atoms with Crippen molar-refractivity contribution >= 4 is 11.6 Å². The lowest BCUT2D eigenvalue weighted by Gasteiger charge is -2.34. The number of benzene rings is 1. The first-order valence-electron chi connectivity index (χ1n) is 7.23. The Kier molecular flexibility index (Phi) is 4.97. The fourth-order valence-corrected chi connectivity index (χ4v) is 2.52. The van der Waals surface area contributed by atoms with E-state index in [4.69, 9.17) is 0 Å². The Morgan fingerprint density at radius 1 is 1.37 bits per heavy atom. The molecule has 1 atom stereocenters. The summed E-state index contributed by atoms with van der Waals surface area (Å²) in [6, 6.07) is 10.1. The van der Waals surface area contributed by atoms with Gasteiger partial charge in [0.15, 0.2) is 0 Å². The summed E-state index contributed by atoms with van der Waals surface area (Å²) in [5.74, 6) is 0.934. The zero-order valence-corrected chi connectivity index (χ0v) is 11.9. The molecule has 0 heterocycles. The summed E-state index contributed by atoms with van der Waals surface area (Å²) >= 11 is 0. The maximum absolute atomic E-state index is 12.6. The molecule has 1 N–H and O–H groups in total. The van der Waals surface area contributed by atoms with Gasteiger partial charge in [-0.15, -0.1) is 0 Å². The third-order valence-corrected chi connectivity index (χ3v) is 3.93. The standard InChI is InChI=1S/C16H24N2O/c1-13(11-17-2)16(19)18(12-14-7-6-8-14)15-9-4-3-5-10-15/h3-5,9-10,13-14,17H,6-8,11-12H2,1-2H3. The lowest BCUT2D eigenvalue weighted by atomic mass is 9.85. The van der Waals surface area contributed by atoms with E-state index in [0.29, 0.717) is 5.92 Å². The van der Waals surface area contributed by atoms with Gasteiger partial charge in [-0.3, -0.25) is 4.79 Å². The average molecular weight is 260 g/mol. The van der Waals surface area contributed by atoms with Crippen LogP contribution in [0.4, 0.5) is 5.69 Å². The summed E-state index contributed by atoms with van der Waals surface area (Å²) in [6.07, 6.45) is 3.83. The molecule has 1 fully saturated rings. The second kappa shape index (κ2) is 6.71. The van der Waals surface area contributed by atoms with Crippen LogP contribution >= 0.6 is 0 Å². The topological polar surface area (TPSA) is 32.3 Å². The lowest BCUT2D eigenvalue weighted by molar-refractivity contribution is -0.122. The van der Waals surface area contributed by atoms with Gasteiger partial charge in [-0.2, -0.15) is 0 Å². The molecule has 3 heteroatoms. The highest BCUT2D eigenvalue weighted by Gasteiger charge is 2.27. The minimum Gasteiger partial charge on any atom is -0.319 e. The Balaban J connectivity index is 2.11. The third-order valence-electron chi connectivity index (χ3n) is 3.93. The van der Waals surface area contributed by atoms with Gasteiger partial charge in [0.1, 0.15) is 0 Å². The number of carbonyl (C=O) groups is 1. The van der Waals surface area contributed by atoms with E-state index < -0.39 is 0 Å². The molecule has 1 aliphatic rings. The van der Waals surface area contributed by atoms with E-state index >= 15 is 0 Å². The van der Waals surface area contributed by atoms with Gasteiger partial charge in [-0.1, -0.05) is 31.5 Å². The van der Waals surface area contributed by atoms with Crippen LogP contribution in [-0.2, 0) is 4.79 Å². The smallest absolute Gasteiger partial charge is 0.231 e. The summed E-state index contributed by atoms with van der Waals surface area (Å²) in [5, 5.41) is 3.09. The van der Waals surface area contributed by atoms with Crippen LogP contribution in [0.5, 0.6) is 0 Å². The molecule has 1 aliphatic carbocycles. The number of amides is 1.